The van der Waals surface area contributed by atoms with E-state index in [1.54, 1.807) is 23.8 Å². The molecule has 0 aliphatic rings. The SMILES string of the molecule is COc1cc(SC)ccc1C(=O)N(c1ccccc1)c1nc(C)cs1. The number of hydrogen-bond donors (Lipinski definition) is 0. The van der Waals surface area contributed by atoms with Crippen LogP contribution in [0.4, 0.5) is 10.8 Å². The van der Waals surface area contributed by atoms with Crippen molar-refractivity contribution in [1.82, 2.24) is 4.98 Å². The first kappa shape index (κ1) is 17.5. The number of aromatic nitrogens is 1. The van der Waals surface area contributed by atoms with Crippen molar-refractivity contribution in [3.05, 3.63) is 65.2 Å². The standard InChI is InChI=1S/C19H18N2O2S2/c1-13-12-25-19(20-13)21(14-7-5-4-6-8-14)18(22)16-10-9-15(24-3)11-17(16)23-2/h4-12H,1-3H3. The lowest BCUT2D eigenvalue weighted by Gasteiger charge is -2.21. The smallest absolute Gasteiger partial charge is 0.268 e. The summed E-state index contributed by atoms with van der Waals surface area (Å²) in [7, 11) is 1.58. The van der Waals surface area contributed by atoms with Gasteiger partial charge in [-0.15, -0.1) is 23.1 Å². The van der Waals surface area contributed by atoms with Gasteiger partial charge in [0.15, 0.2) is 5.13 Å². The average molecular weight is 370 g/mol. The molecule has 2 aromatic carbocycles. The van der Waals surface area contributed by atoms with Crippen LogP contribution in [0.25, 0.3) is 0 Å². The summed E-state index contributed by atoms with van der Waals surface area (Å²) in [6.45, 7) is 1.92. The topological polar surface area (TPSA) is 42.4 Å². The van der Waals surface area contributed by atoms with Crippen LogP contribution in [0, 0.1) is 6.92 Å². The Kier molecular flexibility index (Phi) is 5.40. The number of thiazole rings is 1. The molecule has 0 unspecified atom stereocenters. The predicted molar refractivity (Wildman–Crippen MR) is 105 cm³/mol. The van der Waals surface area contributed by atoms with E-state index in [2.05, 4.69) is 4.98 Å². The van der Waals surface area contributed by atoms with E-state index in [0.29, 0.717) is 16.4 Å². The highest BCUT2D eigenvalue weighted by Crippen LogP contribution is 2.33. The molecular weight excluding hydrogens is 352 g/mol. The number of thioether (sulfide) groups is 1. The second-order valence-corrected chi connectivity index (χ2v) is 7.03. The van der Waals surface area contributed by atoms with E-state index in [0.717, 1.165) is 16.3 Å². The Morgan fingerprint density at radius 1 is 1.20 bits per heavy atom. The third-order valence-electron chi connectivity index (χ3n) is 3.65. The summed E-state index contributed by atoms with van der Waals surface area (Å²) in [5.74, 6) is 0.399. The number of nitrogens with zero attached hydrogens (tertiary/aromatic N) is 2. The normalized spacial score (nSPS) is 10.5. The maximum Gasteiger partial charge on any atom is 0.268 e. The minimum Gasteiger partial charge on any atom is -0.496 e. The van der Waals surface area contributed by atoms with Crippen LogP contribution in [0.15, 0.2) is 58.8 Å². The minimum absolute atomic E-state index is 0.162. The quantitative estimate of drug-likeness (QED) is 0.582. The fourth-order valence-corrected chi connectivity index (χ4v) is 3.68. The molecule has 0 saturated heterocycles. The van der Waals surface area contributed by atoms with E-state index in [-0.39, 0.29) is 5.91 Å². The van der Waals surface area contributed by atoms with E-state index in [1.807, 2.05) is 67.1 Å². The Morgan fingerprint density at radius 3 is 2.56 bits per heavy atom. The summed E-state index contributed by atoms with van der Waals surface area (Å²) >= 11 is 3.05. The van der Waals surface area contributed by atoms with Crippen molar-refractivity contribution in [3.8, 4) is 5.75 Å². The van der Waals surface area contributed by atoms with Gasteiger partial charge in [0.25, 0.3) is 5.91 Å². The molecule has 3 aromatic rings. The van der Waals surface area contributed by atoms with Gasteiger partial charge >= 0.3 is 0 Å². The first-order valence-electron chi connectivity index (χ1n) is 7.67. The second kappa shape index (κ2) is 7.72. The van der Waals surface area contributed by atoms with E-state index in [9.17, 15) is 4.79 Å². The highest BCUT2D eigenvalue weighted by atomic mass is 32.2. The van der Waals surface area contributed by atoms with Gasteiger partial charge < -0.3 is 4.74 Å². The van der Waals surface area contributed by atoms with Gasteiger partial charge in [-0.25, -0.2) is 4.98 Å². The summed E-state index contributed by atoms with van der Waals surface area (Å²) in [6.07, 6.45) is 1.99. The van der Waals surface area contributed by atoms with Gasteiger partial charge in [0.2, 0.25) is 0 Å². The number of carbonyl (C=O) groups is 1. The number of carbonyl (C=O) groups excluding carboxylic acids is 1. The minimum atomic E-state index is -0.162. The number of para-hydroxylation sites is 1. The van der Waals surface area contributed by atoms with Crippen LogP contribution in [0.5, 0.6) is 5.75 Å². The zero-order chi connectivity index (χ0) is 17.8. The molecule has 128 valence electrons. The van der Waals surface area contributed by atoms with E-state index < -0.39 is 0 Å². The summed E-state index contributed by atoms with van der Waals surface area (Å²) < 4.78 is 5.46. The highest BCUT2D eigenvalue weighted by molar-refractivity contribution is 7.98. The predicted octanol–water partition coefficient (Wildman–Crippen LogP) is 5.16. The summed E-state index contributed by atoms with van der Waals surface area (Å²) in [5, 5.41) is 2.58. The summed E-state index contributed by atoms with van der Waals surface area (Å²) in [4.78, 5) is 20.5. The molecule has 0 N–H and O–H groups in total. The number of hydrogen-bond acceptors (Lipinski definition) is 5. The molecule has 0 aliphatic carbocycles. The molecule has 25 heavy (non-hydrogen) atoms. The molecule has 1 aromatic heterocycles. The lowest BCUT2D eigenvalue weighted by molar-refractivity contribution is 0.0996. The molecule has 3 rings (SSSR count). The van der Waals surface area contributed by atoms with Crippen LogP contribution in [-0.4, -0.2) is 24.3 Å². The molecular formula is C19H18N2O2S2. The zero-order valence-corrected chi connectivity index (χ0v) is 15.9. The molecule has 0 spiro atoms. The summed E-state index contributed by atoms with van der Waals surface area (Å²) in [5.41, 5.74) is 2.17. The fraction of sp³-hybridized carbons (Fsp3) is 0.158. The lowest BCUT2D eigenvalue weighted by Crippen LogP contribution is -2.26. The number of anilines is 2. The van der Waals surface area contributed by atoms with Crippen molar-refractivity contribution in [2.75, 3.05) is 18.3 Å². The molecule has 0 saturated carbocycles. The first-order valence-corrected chi connectivity index (χ1v) is 9.78. The van der Waals surface area contributed by atoms with Gasteiger partial charge in [-0.1, -0.05) is 18.2 Å². The molecule has 4 nitrogen and oxygen atoms in total. The van der Waals surface area contributed by atoms with Crippen molar-refractivity contribution in [2.24, 2.45) is 0 Å². The Bertz CT molecular complexity index is 878. The van der Waals surface area contributed by atoms with Crippen LogP contribution < -0.4 is 9.64 Å². The Labute approximate surface area is 155 Å². The van der Waals surface area contributed by atoms with Crippen molar-refractivity contribution in [3.63, 3.8) is 0 Å². The maximum absolute atomic E-state index is 13.3. The van der Waals surface area contributed by atoms with Crippen LogP contribution >= 0.6 is 23.1 Å². The number of methoxy groups -OCH3 is 1. The van der Waals surface area contributed by atoms with Crippen molar-refractivity contribution in [2.45, 2.75) is 11.8 Å². The largest absolute Gasteiger partial charge is 0.496 e. The summed E-state index contributed by atoms with van der Waals surface area (Å²) in [6, 6.07) is 15.2. The molecule has 1 heterocycles. The van der Waals surface area contributed by atoms with Crippen LogP contribution in [-0.2, 0) is 0 Å². The Balaban J connectivity index is 2.09. The molecule has 1 amide bonds. The maximum atomic E-state index is 13.3. The van der Waals surface area contributed by atoms with Crippen LogP contribution in [0.2, 0.25) is 0 Å². The fourth-order valence-electron chi connectivity index (χ4n) is 2.43. The molecule has 0 aliphatic heterocycles. The van der Waals surface area contributed by atoms with Crippen molar-refractivity contribution >= 4 is 39.8 Å². The first-order chi connectivity index (χ1) is 12.1. The van der Waals surface area contributed by atoms with Crippen molar-refractivity contribution < 1.29 is 9.53 Å². The number of rotatable bonds is 5. The monoisotopic (exact) mass is 370 g/mol. The average Bonchev–Trinajstić information content (AvgIpc) is 3.08. The molecule has 0 radical (unpaired) electrons. The number of aryl methyl sites for hydroxylation is 1. The van der Waals surface area contributed by atoms with Gasteiger partial charge in [-0.2, -0.15) is 0 Å². The second-order valence-electron chi connectivity index (χ2n) is 5.31. The highest BCUT2D eigenvalue weighted by Gasteiger charge is 2.25. The lowest BCUT2D eigenvalue weighted by atomic mass is 10.1. The molecule has 6 heteroatoms. The van der Waals surface area contributed by atoms with E-state index in [4.69, 9.17) is 4.74 Å². The van der Waals surface area contributed by atoms with Gasteiger partial charge in [0.05, 0.1) is 24.1 Å². The molecule has 0 fully saturated rings. The van der Waals surface area contributed by atoms with E-state index >= 15 is 0 Å². The van der Waals surface area contributed by atoms with Gasteiger partial charge in [-0.3, -0.25) is 9.69 Å². The molecule has 0 atom stereocenters. The third kappa shape index (κ3) is 3.70. The van der Waals surface area contributed by atoms with Crippen LogP contribution in [0.3, 0.4) is 0 Å². The van der Waals surface area contributed by atoms with Gasteiger partial charge in [0.1, 0.15) is 5.75 Å². The van der Waals surface area contributed by atoms with Gasteiger partial charge in [-0.05, 0) is 43.5 Å². The zero-order valence-electron chi connectivity index (χ0n) is 14.2. The van der Waals surface area contributed by atoms with E-state index in [1.165, 1.54) is 11.3 Å². The van der Waals surface area contributed by atoms with Gasteiger partial charge in [0, 0.05) is 10.3 Å². The Morgan fingerprint density at radius 2 is 1.96 bits per heavy atom. The molecule has 0 bridgehead atoms. The third-order valence-corrected chi connectivity index (χ3v) is 5.32. The Hall–Kier alpha value is -2.31. The number of amides is 1. The van der Waals surface area contributed by atoms with Crippen LogP contribution in [0.1, 0.15) is 16.1 Å². The number of benzene rings is 2. The van der Waals surface area contributed by atoms with Crippen molar-refractivity contribution in [1.29, 1.82) is 0 Å². The number of ether oxygens (including phenoxy) is 1.